The minimum absolute atomic E-state index is 0.0424. The number of rotatable bonds is 6. The van der Waals surface area contributed by atoms with Gasteiger partial charge in [-0.05, 0) is 76.5 Å². The number of pyridine rings is 1. The number of hydrogen-bond donors (Lipinski definition) is 3. The number of alkyl halides is 2. The summed E-state index contributed by atoms with van der Waals surface area (Å²) in [5.41, 5.74) is 4.90. The van der Waals surface area contributed by atoms with Gasteiger partial charge in [0.25, 0.3) is 11.8 Å². The zero-order chi connectivity index (χ0) is 27.1. The number of halogens is 2. The summed E-state index contributed by atoms with van der Waals surface area (Å²) < 4.78 is 33.3. The van der Waals surface area contributed by atoms with Crippen LogP contribution in [0.2, 0.25) is 0 Å². The summed E-state index contributed by atoms with van der Waals surface area (Å²) in [6.45, 7) is 5.62. The van der Waals surface area contributed by atoms with Gasteiger partial charge in [-0.2, -0.15) is 10.2 Å². The van der Waals surface area contributed by atoms with E-state index in [2.05, 4.69) is 31.0 Å². The summed E-state index contributed by atoms with van der Waals surface area (Å²) in [7, 11) is 0. The molecule has 10 nitrogen and oxygen atoms in total. The van der Waals surface area contributed by atoms with Crippen molar-refractivity contribution in [3.8, 4) is 0 Å². The van der Waals surface area contributed by atoms with E-state index >= 15 is 0 Å². The summed E-state index contributed by atoms with van der Waals surface area (Å²) in [4.78, 5) is 30.7. The Kier molecular flexibility index (Phi) is 6.83. The Labute approximate surface area is 219 Å². The molecule has 2 fully saturated rings. The molecule has 5 rings (SSSR count). The van der Waals surface area contributed by atoms with Crippen molar-refractivity contribution in [3.05, 3.63) is 40.8 Å². The normalized spacial score (nSPS) is 25.5. The molecule has 0 radical (unpaired) electrons. The highest BCUT2D eigenvalue weighted by Gasteiger charge is 2.47. The molecule has 0 aromatic carbocycles. The van der Waals surface area contributed by atoms with Crippen LogP contribution >= 0.6 is 0 Å². The topological polar surface area (TPSA) is 125 Å². The van der Waals surface area contributed by atoms with Crippen LogP contribution in [0.3, 0.4) is 0 Å². The third kappa shape index (κ3) is 5.34. The molecule has 1 saturated carbocycles. The van der Waals surface area contributed by atoms with Crippen molar-refractivity contribution in [1.29, 1.82) is 0 Å². The Bertz CT molecular complexity index is 1250. The number of ether oxygens (including phenoxy) is 1. The highest BCUT2D eigenvalue weighted by Crippen LogP contribution is 2.41. The number of anilines is 1. The Morgan fingerprint density at radius 2 is 2.03 bits per heavy atom. The van der Waals surface area contributed by atoms with Gasteiger partial charge in [-0.3, -0.25) is 9.89 Å². The first kappa shape index (κ1) is 26.1. The predicted octanol–water partition coefficient (Wildman–Crippen LogP) is 3.85. The summed E-state index contributed by atoms with van der Waals surface area (Å²) >= 11 is 0. The third-order valence-electron chi connectivity index (χ3n) is 7.74. The number of hydrazone groups is 1. The minimum Gasteiger partial charge on any atom is -0.435 e. The molecular weight excluding hydrogens is 496 g/mol. The number of nitrogens with one attached hydrogen (secondary N) is 3. The number of nitrogens with zero attached hydrogens (tertiary/aromatic N) is 4. The Balaban J connectivity index is 1.25. The van der Waals surface area contributed by atoms with E-state index in [1.165, 1.54) is 0 Å². The van der Waals surface area contributed by atoms with Crippen LogP contribution in [0.1, 0.15) is 72.8 Å². The first-order valence-corrected chi connectivity index (χ1v) is 13.0. The Morgan fingerprint density at radius 3 is 2.66 bits per heavy atom. The molecule has 4 heterocycles. The highest BCUT2D eigenvalue weighted by atomic mass is 19.3. The van der Waals surface area contributed by atoms with Crippen LogP contribution in [-0.4, -0.2) is 63.5 Å². The van der Waals surface area contributed by atoms with Gasteiger partial charge in [0.05, 0.1) is 6.54 Å². The molecule has 1 aliphatic carbocycles. The minimum atomic E-state index is -2.71. The molecule has 0 bridgehead atoms. The summed E-state index contributed by atoms with van der Waals surface area (Å²) in [5, 5.41) is 14.2. The molecule has 2 aromatic rings. The number of hydrogen-bond acceptors (Lipinski definition) is 7. The summed E-state index contributed by atoms with van der Waals surface area (Å²) in [5.74, 6) is -2.07. The van der Waals surface area contributed by atoms with Crippen LogP contribution in [0.25, 0.3) is 0 Å². The van der Waals surface area contributed by atoms with Crippen molar-refractivity contribution in [2.45, 2.75) is 76.9 Å². The standard InChI is InChI=1S/C26H33F2N7O3/c1-15-10-21(35-9-8-26(27,28)14-35)29-13-19(15)22-25(38-24(37)34-33-22)6-4-18(5-7-25)11-16(2)30-23(36)20-12-17(3)31-32-20/h10,12-13,16,18H,4-9,11,14H2,1-3H3,(H,30,36)(H,31,32)(H,34,37)/t16-,18?,25?/m0/s1. The van der Waals surface area contributed by atoms with E-state index in [0.29, 0.717) is 36.0 Å². The SMILES string of the molecule is Cc1cc(C(=O)N[C@@H](C)CC2CCC3(CC2)OC(=O)NN=C3c2cnc(N3CCC(F)(F)C3)cc2C)n[nH]1. The third-order valence-corrected chi connectivity index (χ3v) is 7.74. The lowest BCUT2D eigenvalue weighted by Gasteiger charge is -2.42. The monoisotopic (exact) mass is 529 g/mol. The molecule has 1 spiro atoms. The van der Waals surface area contributed by atoms with Crippen molar-refractivity contribution in [1.82, 2.24) is 25.9 Å². The van der Waals surface area contributed by atoms with Gasteiger partial charge in [-0.1, -0.05) is 0 Å². The van der Waals surface area contributed by atoms with E-state index in [4.69, 9.17) is 4.74 Å². The van der Waals surface area contributed by atoms with Crippen molar-refractivity contribution >= 4 is 23.5 Å². The zero-order valence-electron chi connectivity index (χ0n) is 21.8. The molecule has 1 atom stereocenters. The highest BCUT2D eigenvalue weighted by molar-refractivity contribution is 6.09. The molecule has 3 N–H and O–H groups in total. The predicted molar refractivity (Wildman–Crippen MR) is 136 cm³/mol. The molecule has 0 unspecified atom stereocenters. The van der Waals surface area contributed by atoms with Gasteiger partial charge in [0.1, 0.15) is 17.2 Å². The van der Waals surface area contributed by atoms with Crippen LogP contribution in [0, 0.1) is 19.8 Å². The fraction of sp³-hybridized carbons (Fsp3) is 0.577. The number of carbonyl (C=O) groups is 2. The van der Waals surface area contributed by atoms with Gasteiger partial charge in [0.2, 0.25) is 0 Å². The lowest BCUT2D eigenvalue weighted by atomic mass is 9.72. The molecule has 38 heavy (non-hydrogen) atoms. The molecule has 204 valence electrons. The molecule has 1 saturated heterocycles. The molecule has 2 aromatic heterocycles. The second kappa shape index (κ2) is 9.95. The Hall–Kier alpha value is -3.57. The molecule has 2 aliphatic heterocycles. The van der Waals surface area contributed by atoms with E-state index < -0.39 is 17.6 Å². The van der Waals surface area contributed by atoms with Crippen LogP contribution in [0.4, 0.5) is 19.4 Å². The lowest BCUT2D eigenvalue weighted by Crippen LogP contribution is -2.52. The average molecular weight is 530 g/mol. The number of aromatic amines is 1. The first-order valence-electron chi connectivity index (χ1n) is 13.0. The molecule has 2 amide bonds. The second-order valence-corrected chi connectivity index (χ2v) is 10.8. The van der Waals surface area contributed by atoms with Crippen molar-refractivity contribution in [2.75, 3.05) is 18.0 Å². The van der Waals surface area contributed by atoms with Crippen LogP contribution in [-0.2, 0) is 4.74 Å². The molecule has 3 aliphatic rings. The fourth-order valence-electron chi connectivity index (χ4n) is 5.76. The van der Waals surface area contributed by atoms with Gasteiger partial charge >= 0.3 is 6.09 Å². The van der Waals surface area contributed by atoms with E-state index in [-0.39, 0.29) is 31.5 Å². The summed E-state index contributed by atoms with van der Waals surface area (Å²) in [6, 6.07) is 3.46. The zero-order valence-corrected chi connectivity index (χ0v) is 21.8. The number of carbonyl (C=O) groups excluding carboxylic acids is 2. The smallest absolute Gasteiger partial charge is 0.428 e. The van der Waals surface area contributed by atoms with Crippen molar-refractivity contribution in [3.63, 3.8) is 0 Å². The Morgan fingerprint density at radius 1 is 1.26 bits per heavy atom. The maximum atomic E-state index is 13.7. The van der Waals surface area contributed by atoms with Crippen molar-refractivity contribution < 1.29 is 23.1 Å². The van der Waals surface area contributed by atoms with E-state index in [1.54, 1.807) is 23.2 Å². The van der Waals surface area contributed by atoms with Gasteiger partial charge in [0.15, 0.2) is 5.60 Å². The van der Waals surface area contributed by atoms with E-state index in [1.807, 2.05) is 20.8 Å². The van der Waals surface area contributed by atoms with Gasteiger partial charge in [0, 0.05) is 36.5 Å². The van der Waals surface area contributed by atoms with Crippen LogP contribution in [0.5, 0.6) is 0 Å². The molecule has 12 heteroatoms. The maximum absolute atomic E-state index is 13.7. The van der Waals surface area contributed by atoms with Gasteiger partial charge in [-0.15, -0.1) is 0 Å². The lowest BCUT2D eigenvalue weighted by molar-refractivity contribution is 0.0153. The van der Waals surface area contributed by atoms with E-state index in [0.717, 1.165) is 36.1 Å². The van der Waals surface area contributed by atoms with E-state index in [9.17, 15) is 18.4 Å². The number of H-pyrrole nitrogens is 1. The largest absolute Gasteiger partial charge is 0.435 e. The van der Waals surface area contributed by atoms with Crippen molar-refractivity contribution in [2.24, 2.45) is 11.0 Å². The fourth-order valence-corrected chi connectivity index (χ4v) is 5.76. The van der Waals surface area contributed by atoms with Gasteiger partial charge < -0.3 is 15.0 Å². The number of amides is 2. The quantitative estimate of drug-likeness (QED) is 0.522. The average Bonchev–Trinajstić information content (AvgIpc) is 3.46. The van der Waals surface area contributed by atoms with Crippen LogP contribution < -0.4 is 15.6 Å². The van der Waals surface area contributed by atoms with Gasteiger partial charge in [-0.25, -0.2) is 24.0 Å². The maximum Gasteiger partial charge on any atom is 0.428 e. The second-order valence-electron chi connectivity index (χ2n) is 10.8. The first-order chi connectivity index (χ1) is 18.0. The number of aryl methyl sites for hydroxylation is 2. The van der Waals surface area contributed by atoms with Crippen LogP contribution in [0.15, 0.2) is 23.4 Å². The summed E-state index contributed by atoms with van der Waals surface area (Å²) in [6.07, 6.45) is 4.41. The molecular formula is C26H33F2N7O3. The number of aromatic nitrogens is 3.